The Morgan fingerprint density at radius 2 is 1.81 bits per heavy atom. The molecule has 1 aliphatic heterocycles. The Bertz CT molecular complexity index is 961. The Kier molecular flexibility index (Phi) is 5.47. The number of carbonyl (C=O) groups is 1. The van der Waals surface area contributed by atoms with E-state index in [-0.39, 0.29) is 17.5 Å². The zero-order valence-electron chi connectivity index (χ0n) is 13.6. The second kappa shape index (κ2) is 7.79. The number of ether oxygens (including phenoxy) is 1. The van der Waals surface area contributed by atoms with E-state index >= 15 is 0 Å². The second-order valence-electron chi connectivity index (χ2n) is 5.39. The lowest BCUT2D eigenvalue weighted by atomic mass is 10.2. The topological polar surface area (TPSA) is 75.7 Å². The first-order valence-corrected chi connectivity index (χ1v) is 9.60. The van der Waals surface area contributed by atoms with E-state index < -0.39 is 10.0 Å². The highest BCUT2D eigenvalue weighted by molar-refractivity contribution is 7.89. The third kappa shape index (κ3) is 4.35. The summed E-state index contributed by atoms with van der Waals surface area (Å²) in [7, 11) is -3.62. The molecule has 0 unspecified atom stereocenters. The first kappa shape index (κ1) is 18.3. The highest BCUT2D eigenvalue weighted by atomic mass is 35.5. The van der Waals surface area contributed by atoms with Crippen LogP contribution >= 0.6 is 11.6 Å². The summed E-state index contributed by atoms with van der Waals surface area (Å²) in [6.45, 7) is 0.885. The van der Waals surface area contributed by atoms with Gasteiger partial charge in [-0.15, -0.1) is 0 Å². The number of hydrogen-bond acceptors (Lipinski definition) is 4. The van der Waals surface area contributed by atoms with Crippen LogP contribution in [-0.4, -0.2) is 34.2 Å². The fourth-order valence-corrected chi connectivity index (χ4v) is 3.38. The van der Waals surface area contributed by atoms with Gasteiger partial charge in [0.25, 0.3) is 0 Å². The van der Waals surface area contributed by atoms with Crippen molar-refractivity contribution in [2.24, 2.45) is 0 Å². The molecule has 0 aliphatic carbocycles. The third-order valence-corrected chi connectivity index (χ3v) is 5.32. The van der Waals surface area contributed by atoms with Crippen molar-refractivity contribution in [3.63, 3.8) is 0 Å². The van der Waals surface area contributed by atoms with E-state index in [1.54, 1.807) is 24.3 Å². The minimum atomic E-state index is -3.62. The number of amides is 1. The second-order valence-corrected chi connectivity index (χ2v) is 7.60. The van der Waals surface area contributed by atoms with E-state index in [0.29, 0.717) is 23.7 Å². The number of rotatable bonds is 4. The molecule has 2 aromatic carbocycles. The van der Waals surface area contributed by atoms with Gasteiger partial charge < -0.3 is 4.74 Å². The number of halogens is 1. The number of nitrogens with one attached hydrogen (secondary N) is 1. The first-order valence-electron chi connectivity index (χ1n) is 7.74. The Labute approximate surface area is 156 Å². The lowest BCUT2D eigenvalue weighted by Gasteiger charge is -2.11. The smallest absolute Gasteiger partial charge is 0.414 e. The molecule has 0 spiro atoms. The van der Waals surface area contributed by atoms with Gasteiger partial charge in [-0.1, -0.05) is 23.4 Å². The van der Waals surface area contributed by atoms with Crippen molar-refractivity contribution in [1.82, 2.24) is 4.72 Å². The fourth-order valence-electron chi connectivity index (χ4n) is 2.33. The number of carbonyl (C=O) groups excluding carboxylic acids is 1. The van der Waals surface area contributed by atoms with Crippen molar-refractivity contribution < 1.29 is 17.9 Å². The highest BCUT2D eigenvalue weighted by Gasteiger charge is 2.23. The standard InChI is InChI=1S/C18H15ClN2O4S/c19-15-5-9-17(10-6-15)26(23,24)20-11-1-2-14-3-7-16(8-4-14)21-12-13-25-18(21)22/h3-10,20H,11-13H2. The lowest BCUT2D eigenvalue weighted by Crippen LogP contribution is -2.23. The molecule has 1 saturated heterocycles. The third-order valence-electron chi connectivity index (χ3n) is 3.65. The molecule has 0 atom stereocenters. The van der Waals surface area contributed by atoms with Crippen LogP contribution in [0, 0.1) is 11.8 Å². The molecule has 1 N–H and O–H groups in total. The summed E-state index contributed by atoms with van der Waals surface area (Å²) in [4.78, 5) is 13.2. The highest BCUT2D eigenvalue weighted by Crippen LogP contribution is 2.18. The maximum Gasteiger partial charge on any atom is 0.414 e. The van der Waals surface area contributed by atoms with Crippen LogP contribution in [0.25, 0.3) is 0 Å². The predicted octanol–water partition coefficient (Wildman–Crippen LogP) is 2.63. The summed E-state index contributed by atoms with van der Waals surface area (Å²) < 4.78 is 31.5. The lowest BCUT2D eigenvalue weighted by molar-refractivity contribution is 0.181. The minimum absolute atomic E-state index is 0.0227. The Balaban J connectivity index is 1.59. The van der Waals surface area contributed by atoms with Gasteiger partial charge in [-0.25, -0.2) is 13.2 Å². The summed E-state index contributed by atoms with van der Waals surface area (Å²) in [5.74, 6) is 5.64. The van der Waals surface area contributed by atoms with Crippen LogP contribution in [0.3, 0.4) is 0 Å². The number of nitrogens with zero attached hydrogens (tertiary/aromatic N) is 1. The predicted molar refractivity (Wildman–Crippen MR) is 98.7 cm³/mol. The van der Waals surface area contributed by atoms with Gasteiger partial charge in [-0.05, 0) is 48.5 Å². The molecule has 8 heteroatoms. The average molecular weight is 391 g/mol. The molecule has 2 aromatic rings. The minimum Gasteiger partial charge on any atom is -0.447 e. The largest absolute Gasteiger partial charge is 0.447 e. The van der Waals surface area contributed by atoms with E-state index in [4.69, 9.17) is 16.3 Å². The molecular weight excluding hydrogens is 376 g/mol. The fraction of sp³-hybridized carbons (Fsp3) is 0.167. The number of hydrogen-bond donors (Lipinski definition) is 1. The van der Waals surface area contributed by atoms with Crippen molar-refractivity contribution in [3.05, 3.63) is 59.1 Å². The van der Waals surface area contributed by atoms with Crippen LogP contribution in [0.15, 0.2) is 53.4 Å². The van der Waals surface area contributed by atoms with Crippen LogP contribution in [0.1, 0.15) is 5.56 Å². The molecule has 3 rings (SSSR count). The summed E-state index contributed by atoms with van der Waals surface area (Å²) in [6.07, 6.45) is -0.361. The van der Waals surface area contributed by atoms with Crippen LogP contribution in [0.2, 0.25) is 5.02 Å². The summed E-state index contributed by atoms with van der Waals surface area (Å²) in [5.41, 5.74) is 1.45. The van der Waals surface area contributed by atoms with E-state index in [1.807, 2.05) is 0 Å². The van der Waals surface area contributed by atoms with Gasteiger partial charge in [0, 0.05) is 16.3 Å². The molecule has 1 aliphatic rings. The molecule has 0 aromatic heterocycles. The molecule has 1 amide bonds. The number of sulfonamides is 1. The van der Waals surface area contributed by atoms with E-state index in [9.17, 15) is 13.2 Å². The molecule has 0 saturated carbocycles. The normalized spacial score (nSPS) is 13.9. The molecule has 0 radical (unpaired) electrons. The van der Waals surface area contributed by atoms with Crippen molar-refractivity contribution in [2.45, 2.75) is 4.90 Å². The summed E-state index contributed by atoms with van der Waals surface area (Å²) >= 11 is 5.75. The molecule has 6 nitrogen and oxygen atoms in total. The number of anilines is 1. The Morgan fingerprint density at radius 1 is 1.12 bits per heavy atom. The van der Waals surface area contributed by atoms with Crippen LogP contribution in [0.5, 0.6) is 0 Å². The molecular formula is C18H15ClN2O4S. The van der Waals surface area contributed by atoms with Crippen molar-refractivity contribution in [3.8, 4) is 11.8 Å². The van der Waals surface area contributed by atoms with E-state index in [0.717, 1.165) is 5.69 Å². The van der Waals surface area contributed by atoms with Gasteiger partial charge in [0.2, 0.25) is 10.0 Å². The van der Waals surface area contributed by atoms with Crippen molar-refractivity contribution >= 4 is 33.4 Å². The van der Waals surface area contributed by atoms with Gasteiger partial charge in [-0.2, -0.15) is 4.72 Å². The maximum absolute atomic E-state index is 12.1. The zero-order valence-corrected chi connectivity index (χ0v) is 15.2. The first-order chi connectivity index (χ1) is 12.5. The van der Waals surface area contributed by atoms with Crippen LogP contribution in [-0.2, 0) is 14.8 Å². The molecule has 134 valence electrons. The van der Waals surface area contributed by atoms with Gasteiger partial charge in [0.15, 0.2) is 0 Å². The summed E-state index contributed by atoms with van der Waals surface area (Å²) in [6, 6.07) is 13.0. The molecule has 26 heavy (non-hydrogen) atoms. The maximum atomic E-state index is 12.1. The van der Waals surface area contributed by atoms with Gasteiger partial charge in [-0.3, -0.25) is 4.90 Å². The molecule has 1 heterocycles. The van der Waals surface area contributed by atoms with E-state index in [2.05, 4.69) is 16.6 Å². The van der Waals surface area contributed by atoms with E-state index in [1.165, 1.54) is 29.2 Å². The van der Waals surface area contributed by atoms with Crippen LogP contribution in [0.4, 0.5) is 10.5 Å². The Hall–Kier alpha value is -2.53. The molecule has 1 fully saturated rings. The average Bonchev–Trinajstić information content (AvgIpc) is 3.06. The van der Waals surface area contributed by atoms with Crippen LogP contribution < -0.4 is 9.62 Å². The monoisotopic (exact) mass is 390 g/mol. The number of benzene rings is 2. The van der Waals surface area contributed by atoms with Crippen molar-refractivity contribution in [1.29, 1.82) is 0 Å². The van der Waals surface area contributed by atoms with Gasteiger partial charge in [0.1, 0.15) is 6.61 Å². The Morgan fingerprint density at radius 3 is 2.42 bits per heavy atom. The quantitative estimate of drug-likeness (QED) is 0.814. The molecule has 0 bridgehead atoms. The number of cyclic esters (lactones) is 1. The SMILES string of the molecule is O=C1OCCN1c1ccc(C#CCNS(=O)(=O)c2ccc(Cl)cc2)cc1. The van der Waals surface area contributed by atoms with Gasteiger partial charge in [0.05, 0.1) is 18.0 Å². The zero-order chi connectivity index (χ0) is 18.6. The summed E-state index contributed by atoms with van der Waals surface area (Å²) in [5, 5.41) is 0.467. The van der Waals surface area contributed by atoms with Gasteiger partial charge >= 0.3 is 6.09 Å². The van der Waals surface area contributed by atoms with Crippen molar-refractivity contribution in [2.75, 3.05) is 24.6 Å².